The summed E-state index contributed by atoms with van der Waals surface area (Å²) in [6, 6.07) is 21.2. The van der Waals surface area contributed by atoms with Crippen molar-refractivity contribution in [2.75, 3.05) is 4.72 Å². The zero-order valence-corrected chi connectivity index (χ0v) is 18.2. The Morgan fingerprint density at radius 1 is 0.933 bits per heavy atom. The molecule has 0 heterocycles. The quantitative estimate of drug-likeness (QED) is 0.563. The lowest BCUT2D eigenvalue weighted by atomic mass is 10.0. The molecule has 5 nitrogen and oxygen atoms in total. The van der Waals surface area contributed by atoms with Crippen molar-refractivity contribution in [2.45, 2.75) is 38.1 Å². The van der Waals surface area contributed by atoms with Crippen LogP contribution in [0.3, 0.4) is 0 Å². The molecule has 0 aliphatic heterocycles. The van der Waals surface area contributed by atoms with Crippen molar-refractivity contribution < 1.29 is 13.2 Å². The van der Waals surface area contributed by atoms with E-state index < -0.39 is 10.0 Å². The van der Waals surface area contributed by atoms with Gasteiger partial charge in [-0.1, -0.05) is 55.0 Å². The average molecular weight is 423 g/mol. The van der Waals surface area contributed by atoms with E-state index in [9.17, 15) is 13.2 Å². The molecule has 30 heavy (non-hydrogen) atoms. The predicted octanol–water partition coefficient (Wildman–Crippen LogP) is 4.99. The highest BCUT2D eigenvalue weighted by Gasteiger charge is 2.17. The van der Waals surface area contributed by atoms with Crippen LogP contribution in [0, 0.1) is 13.8 Å². The summed E-state index contributed by atoms with van der Waals surface area (Å²) in [7, 11) is -3.68. The van der Waals surface area contributed by atoms with Crippen LogP contribution in [0.2, 0.25) is 0 Å². The third kappa shape index (κ3) is 5.07. The van der Waals surface area contributed by atoms with Crippen LogP contribution in [0.4, 0.5) is 5.69 Å². The highest BCUT2D eigenvalue weighted by atomic mass is 32.2. The first-order valence-corrected chi connectivity index (χ1v) is 11.3. The first kappa shape index (κ1) is 21.6. The van der Waals surface area contributed by atoms with Gasteiger partial charge in [0, 0.05) is 5.56 Å². The first-order valence-electron chi connectivity index (χ1n) is 9.86. The number of hydrogen-bond donors (Lipinski definition) is 2. The van der Waals surface area contributed by atoms with Gasteiger partial charge in [-0.3, -0.25) is 9.52 Å². The standard InChI is InChI=1S/C24H26N2O3S/c1-4-22(19-12-10-17(2)11-13-19)25-24(27)20-14-15-23(18(3)16-20)26-30(28,29)21-8-6-5-7-9-21/h5-16,22,26H,4H2,1-3H3,(H,25,27). The average Bonchev–Trinajstić information content (AvgIpc) is 2.74. The summed E-state index contributed by atoms with van der Waals surface area (Å²) in [5.74, 6) is -0.192. The number of nitrogens with one attached hydrogen (secondary N) is 2. The van der Waals surface area contributed by atoms with Gasteiger partial charge in [-0.2, -0.15) is 0 Å². The van der Waals surface area contributed by atoms with Crippen molar-refractivity contribution in [3.63, 3.8) is 0 Å². The van der Waals surface area contributed by atoms with Gasteiger partial charge in [0.05, 0.1) is 16.6 Å². The van der Waals surface area contributed by atoms with Crippen LogP contribution in [0.5, 0.6) is 0 Å². The Kier molecular flexibility index (Phi) is 6.57. The topological polar surface area (TPSA) is 75.3 Å². The number of benzene rings is 3. The number of hydrogen-bond acceptors (Lipinski definition) is 3. The lowest BCUT2D eigenvalue weighted by Crippen LogP contribution is -2.28. The number of anilines is 1. The Labute approximate surface area is 178 Å². The number of amides is 1. The highest BCUT2D eigenvalue weighted by Crippen LogP contribution is 2.22. The second-order valence-corrected chi connectivity index (χ2v) is 8.98. The van der Waals surface area contributed by atoms with E-state index in [1.165, 1.54) is 17.7 Å². The smallest absolute Gasteiger partial charge is 0.261 e. The molecular formula is C24H26N2O3S. The van der Waals surface area contributed by atoms with Crippen LogP contribution in [-0.2, 0) is 10.0 Å². The maximum atomic E-state index is 12.8. The van der Waals surface area contributed by atoms with E-state index in [4.69, 9.17) is 0 Å². The molecule has 1 atom stereocenters. The molecule has 1 unspecified atom stereocenters. The molecule has 0 radical (unpaired) electrons. The van der Waals surface area contributed by atoms with Gasteiger partial charge in [0.15, 0.2) is 0 Å². The Hall–Kier alpha value is -3.12. The molecule has 3 aromatic rings. The van der Waals surface area contributed by atoms with Gasteiger partial charge in [0.2, 0.25) is 0 Å². The van der Waals surface area contributed by atoms with E-state index in [2.05, 4.69) is 10.0 Å². The Morgan fingerprint density at radius 3 is 2.20 bits per heavy atom. The maximum Gasteiger partial charge on any atom is 0.261 e. The van der Waals surface area contributed by atoms with E-state index in [1.54, 1.807) is 43.3 Å². The normalized spacial score (nSPS) is 12.2. The minimum Gasteiger partial charge on any atom is -0.345 e. The molecule has 0 fully saturated rings. The highest BCUT2D eigenvalue weighted by molar-refractivity contribution is 7.92. The number of aryl methyl sites for hydroxylation is 2. The second kappa shape index (κ2) is 9.13. The Balaban J connectivity index is 1.75. The minimum atomic E-state index is -3.68. The van der Waals surface area contributed by atoms with Gasteiger partial charge < -0.3 is 5.32 Å². The number of carbonyl (C=O) groups excluding carboxylic acids is 1. The molecule has 0 saturated heterocycles. The third-order valence-corrected chi connectivity index (χ3v) is 6.36. The molecule has 0 spiro atoms. The summed E-state index contributed by atoms with van der Waals surface area (Å²) in [6.07, 6.45) is 0.767. The van der Waals surface area contributed by atoms with Gasteiger partial charge in [0.1, 0.15) is 0 Å². The third-order valence-electron chi connectivity index (χ3n) is 4.98. The molecule has 6 heteroatoms. The van der Waals surface area contributed by atoms with Crippen molar-refractivity contribution >= 4 is 21.6 Å². The van der Waals surface area contributed by atoms with Crippen molar-refractivity contribution in [1.82, 2.24) is 5.32 Å². The van der Waals surface area contributed by atoms with Gasteiger partial charge in [-0.25, -0.2) is 8.42 Å². The van der Waals surface area contributed by atoms with E-state index >= 15 is 0 Å². The molecule has 1 amide bonds. The summed E-state index contributed by atoms with van der Waals surface area (Å²) in [5, 5.41) is 3.06. The molecule has 0 aromatic heterocycles. The van der Waals surface area contributed by atoms with E-state index in [1.807, 2.05) is 38.1 Å². The van der Waals surface area contributed by atoms with Crippen LogP contribution < -0.4 is 10.0 Å². The molecule has 0 bridgehead atoms. The molecule has 3 rings (SSSR count). The molecule has 0 saturated carbocycles. The molecule has 0 aliphatic rings. The molecule has 0 aliphatic carbocycles. The van der Waals surface area contributed by atoms with Crippen LogP contribution in [0.25, 0.3) is 0 Å². The van der Waals surface area contributed by atoms with Crippen LogP contribution >= 0.6 is 0 Å². The summed E-state index contributed by atoms with van der Waals surface area (Å²) < 4.78 is 27.7. The van der Waals surface area contributed by atoms with E-state index in [-0.39, 0.29) is 16.8 Å². The van der Waals surface area contributed by atoms with Crippen LogP contribution in [-0.4, -0.2) is 14.3 Å². The Morgan fingerprint density at radius 2 is 1.60 bits per heavy atom. The van der Waals surface area contributed by atoms with Crippen molar-refractivity contribution in [2.24, 2.45) is 0 Å². The zero-order chi connectivity index (χ0) is 21.7. The fourth-order valence-electron chi connectivity index (χ4n) is 3.18. The molecule has 3 aromatic carbocycles. The van der Waals surface area contributed by atoms with Crippen molar-refractivity contribution in [3.05, 3.63) is 95.1 Å². The molecule has 2 N–H and O–H groups in total. The van der Waals surface area contributed by atoms with E-state index in [0.29, 0.717) is 16.8 Å². The van der Waals surface area contributed by atoms with Crippen LogP contribution in [0.15, 0.2) is 77.7 Å². The lowest BCUT2D eigenvalue weighted by molar-refractivity contribution is 0.0935. The Bertz CT molecular complexity index is 1120. The minimum absolute atomic E-state index is 0.0883. The summed E-state index contributed by atoms with van der Waals surface area (Å²) in [5.41, 5.74) is 3.83. The van der Waals surface area contributed by atoms with Gasteiger partial charge in [-0.05, 0) is 61.7 Å². The van der Waals surface area contributed by atoms with Gasteiger partial charge >= 0.3 is 0 Å². The predicted molar refractivity (Wildman–Crippen MR) is 120 cm³/mol. The number of carbonyl (C=O) groups is 1. The zero-order valence-electron chi connectivity index (χ0n) is 17.3. The summed E-state index contributed by atoms with van der Waals surface area (Å²) in [4.78, 5) is 13.0. The fourth-order valence-corrected chi connectivity index (χ4v) is 4.34. The number of rotatable bonds is 7. The monoisotopic (exact) mass is 422 g/mol. The summed E-state index contributed by atoms with van der Waals surface area (Å²) in [6.45, 7) is 5.83. The van der Waals surface area contributed by atoms with Gasteiger partial charge in [-0.15, -0.1) is 0 Å². The fraction of sp³-hybridized carbons (Fsp3) is 0.208. The van der Waals surface area contributed by atoms with Crippen LogP contribution in [0.1, 0.15) is 46.4 Å². The lowest BCUT2D eigenvalue weighted by Gasteiger charge is -2.18. The maximum absolute atomic E-state index is 12.8. The van der Waals surface area contributed by atoms with E-state index in [0.717, 1.165) is 12.0 Å². The van der Waals surface area contributed by atoms with Crippen molar-refractivity contribution in [1.29, 1.82) is 0 Å². The second-order valence-electron chi connectivity index (χ2n) is 7.29. The molecular weight excluding hydrogens is 396 g/mol. The van der Waals surface area contributed by atoms with Gasteiger partial charge in [0.25, 0.3) is 15.9 Å². The number of sulfonamides is 1. The largest absolute Gasteiger partial charge is 0.345 e. The SMILES string of the molecule is CCC(NC(=O)c1ccc(NS(=O)(=O)c2ccccc2)c(C)c1)c1ccc(C)cc1. The van der Waals surface area contributed by atoms with Crippen molar-refractivity contribution in [3.8, 4) is 0 Å². The summed E-state index contributed by atoms with van der Waals surface area (Å²) >= 11 is 0. The molecule has 156 valence electrons. The first-order chi connectivity index (χ1) is 14.3.